The molecular formula is C23H32O5. The van der Waals surface area contributed by atoms with E-state index in [0.29, 0.717) is 30.6 Å². The fourth-order valence-corrected chi connectivity index (χ4v) is 7.32. The van der Waals surface area contributed by atoms with Gasteiger partial charge in [0.1, 0.15) is 5.60 Å². The molecule has 0 bridgehead atoms. The van der Waals surface area contributed by atoms with Crippen molar-refractivity contribution < 1.29 is 24.2 Å². The van der Waals surface area contributed by atoms with Crippen LogP contribution in [-0.2, 0) is 19.1 Å². The largest absolute Gasteiger partial charge is 0.458 e. The highest BCUT2D eigenvalue weighted by atomic mass is 16.5. The van der Waals surface area contributed by atoms with Gasteiger partial charge in [0.2, 0.25) is 5.78 Å². The molecule has 0 spiro atoms. The molecule has 3 saturated carbocycles. The van der Waals surface area contributed by atoms with E-state index in [4.69, 9.17) is 4.74 Å². The molecule has 0 unspecified atom stereocenters. The molecule has 4 aliphatic rings. The molecule has 0 aromatic rings. The first kappa shape index (κ1) is 19.8. The fourth-order valence-electron chi connectivity index (χ4n) is 7.32. The zero-order chi connectivity index (χ0) is 20.3. The number of ether oxygens (including phenoxy) is 1. The van der Waals surface area contributed by atoms with E-state index < -0.39 is 17.0 Å². The van der Waals surface area contributed by atoms with Gasteiger partial charge in [-0.3, -0.25) is 14.4 Å². The lowest BCUT2D eigenvalue weighted by atomic mass is 9.46. The second kappa shape index (κ2) is 6.51. The molecule has 154 valence electrons. The summed E-state index contributed by atoms with van der Waals surface area (Å²) in [5, 5.41) is 11.5. The highest BCUT2D eigenvalue weighted by Gasteiger charge is 2.66. The van der Waals surface area contributed by atoms with E-state index in [9.17, 15) is 19.5 Å². The number of allylic oxidation sites excluding steroid dienone is 1. The van der Waals surface area contributed by atoms with Crippen LogP contribution in [0.25, 0.3) is 0 Å². The molecule has 4 aliphatic carbocycles. The van der Waals surface area contributed by atoms with Gasteiger partial charge in [0.15, 0.2) is 12.4 Å². The highest BCUT2D eigenvalue weighted by molar-refractivity contribution is 5.92. The summed E-state index contributed by atoms with van der Waals surface area (Å²) in [6, 6.07) is 0. The zero-order valence-corrected chi connectivity index (χ0v) is 17.3. The quantitative estimate of drug-likeness (QED) is 0.750. The van der Waals surface area contributed by atoms with Gasteiger partial charge < -0.3 is 9.84 Å². The van der Waals surface area contributed by atoms with Crippen molar-refractivity contribution in [1.29, 1.82) is 0 Å². The first-order chi connectivity index (χ1) is 13.1. The second-order valence-corrected chi connectivity index (χ2v) is 10.0. The fraction of sp³-hybridized carbons (Fsp3) is 0.783. The number of esters is 1. The van der Waals surface area contributed by atoms with Crippen molar-refractivity contribution in [2.45, 2.75) is 77.7 Å². The van der Waals surface area contributed by atoms with Crippen molar-refractivity contribution in [3.63, 3.8) is 0 Å². The summed E-state index contributed by atoms with van der Waals surface area (Å²) >= 11 is 0. The maximum absolute atomic E-state index is 12.8. The Balaban J connectivity index is 1.60. The topological polar surface area (TPSA) is 80.7 Å². The van der Waals surface area contributed by atoms with Crippen LogP contribution in [0.5, 0.6) is 0 Å². The predicted molar refractivity (Wildman–Crippen MR) is 103 cm³/mol. The molecule has 0 aromatic carbocycles. The molecule has 1 N–H and O–H groups in total. The van der Waals surface area contributed by atoms with Crippen molar-refractivity contribution in [3.05, 3.63) is 11.6 Å². The number of carbonyl (C=O) groups is 3. The summed E-state index contributed by atoms with van der Waals surface area (Å²) in [5.74, 6) is 0.712. The van der Waals surface area contributed by atoms with Crippen molar-refractivity contribution in [3.8, 4) is 0 Å². The minimum atomic E-state index is -1.41. The van der Waals surface area contributed by atoms with Crippen molar-refractivity contribution >= 4 is 17.5 Å². The SMILES string of the molecule is CC(=O)OCC(=O)[C@]1(O)CC[C@@H]2[C@H]3CCC4=CC(=O)CC[C@@]4(C)[C@@H]3CC[C@@]21C. The lowest BCUT2D eigenvalue weighted by Crippen LogP contribution is -2.58. The molecule has 5 nitrogen and oxygen atoms in total. The van der Waals surface area contributed by atoms with Crippen LogP contribution in [0.4, 0.5) is 0 Å². The van der Waals surface area contributed by atoms with Crippen LogP contribution in [0, 0.1) is 28.6 Å². The van der Waals surface area contributed by atoms with E-state index in [0.717, 1.165) is 38.5 Å². The van der Waals surface area contributed by atoms with Crippen molar-refractivity contribution in [1.82, 2.24) is 0 Å². The third kappa shape index (κ3) is 2.65. The average Bonchev–Trinajstić information content (AvgIpc) is 2.92. The number of hydrogen-bond acceptors (Lipinski definition) is 5. The van der Waals surface area contributed by atoms with Crippen LogP contribution in [0.1, 0.15) is 72.1 Å². The Morgan fingerprint density at radius 3 is 2.54 bits per heavy atom. The Bertz CT molecular complexity index is 754. The first-order valence-electron chi connectivity index (χ1n) is 10.7. The van der Waals surface area contributed by atoms with Gasteiger partial charge in [-0.25, -0.2) is 0 Å². The molecular weight excluding hydrogens is 356 g/mol. The summed E-state index contributed by atoms with van der Waals surface area (Å²) in [4.78, 5) is 35.9. The lowest BCUT2D eigenvalue weighted by molar-refractivity contribution is -0.169. The molecule has 6 atom stereocenters. The van der Waals surface area contributed by atoms with E-state index in [1.165, 1.54) is 12.5 Å². The number of Topliss-reactive ketones (excluding diaryl/α,β-unsaturated/α-hetero) is 1. The Kier molecular flexibility index (Phi) is 4.61. The summed E-state index contributed by atoms with van der Waals surface area (Å²) < 4.78 is 4.92. The monoisotopic (exact) mass is 388 g/mol. The molecule has 0 amide bonds. The summed E-state index contributed by atoms with van der Waals surface area (Å²) in [6.07, 6.45) is 8.53. The van der Waals surface area contributed by atoms with Crippen LogP contribution in [0.3, 0.4) is 0 Å². The van der Waals surface area contributed by atoms with Gasteiger partial charge >= 0.3 is 5.97 Å². The predicted octanol–water partition coefficient (Wildman–Crippen LogP) is 3.38. The van der Waals surface area contributed by atoms with E-state index >= 15 is 0 Å². The van der Waals surface area contributed by atoms with Crippen LogP contribution < -0.4 is 0 Å². The van der Waals surface area contributed by atoms with E-state index in [2.05, 4.69) is 13.8 Å². The third-order valence-corrected chi connectivity index (χ3v) is 8.98. The van der Waals surface area contributed by atoms with Gasteiger partial charge in [-0.05, 0) is 74.2 Å². The minimum absolute atomic E-state index is 0.0839. The molecule has 5 heteroatoms. The van der Waals surface area contributed by atoms with Gasteiger partial charge in [-0.2, -0.15) is 0 Å². The number of aliphatic hydroxyl groups is 1. The molecule has 0 aliphatic heterocycles. The van der Waals surface area contributed by atoms with Crippen molar-refractivity contribution in [2.24, 2.45) is 28.6 Å². The van der Waals surface area contributed by atoms with Crippen LogP contribution in [0.15, 0.2) is 11.6 Å². The average molecular weight is 389 g/mol. The number of carbonyl (C=O) groups excluding carboxylic acids is 3. The Labute approximate surface area is 166 Å². The molecule has 3 fully saturated rings. The molecule has 0 saturated heterocycles. The Morgan fingerprint density at radius 1 is 1.11 bits per heavy atom. The Morgan fingerprint density at radius 2 is 1.82 bits per heavy atom. The summed E-state index contributed by atoms with van der Waals surface area (Å²) in [5.41, 5.74) is -0.459. The smallest absolute Gasteiger partial charge is 0.303 e. The van der Waals surface area contributed by atoms with Crippen LogP contribution in [0.2, 0.25) is 0 Å². The van der Waals surface area contributed by atoms with Crippen LogP contribution >= 0.6 is 0 Å². The molecule has 4 rings (SSSR count). The maximum atomic E-state index is 12.8. The number of fused-ring (bicyclic) bond motifs is 5. The number of hydrogen-bond donors (Lipinski definition) is 1. The number of rotatable bonds is 3. The maximum Gasteiger partial charge on any atom is 0.303 e. The van der Waals surface area contributed by atoms with Gasteiger partial charge in [0.25, 0.3) is 0 Å². The Hall–Kier alpha value is -1.49. The normalized spacial score (nSPS) is 44.8. The molecule has 0 radical (unpaired) electrons. The van der Waals surface area contributed by atoms with Gasteiger partial charge in [0.05, 0.1) is 0 Å². The molecule has 0 heterocycles. The van der Waals surface area contributed by atoms with Gasteiger partial charge in [0, 0.05) is 18.8 Å². The first-order valence-corrected chi connectivity index (χ1v) is 10.7. The van der Waals surface area contributed by atoms with Gasteiger partial charge in [-0.15, -0.1) is 0 Å². The minimum Gasteiger partial charge on any atom is -0.458 e. The molecule has 28 heavy (non-hydrogen) atoms. The van der Waals surface area contributed by atoms with E-state index in [1.54, 1.807) is 0 Å². The lowest BCUT2D eigenvalue weighted by Gasteiger charge is -2.58. The summed E-state index contributed by atoms with van der Waals surface area (Å²) in [7, 11) is 0. The van der Waals surface area contributed by atoms with E-state index in [1.807, 2.05) is 6.08 Å². The van der Waals surface area contributed by atoms with E-state index in [-0.39, 0.29) is 23.6 Å². The highest BCUT2D eigenvalue weighted by Crippen LogP contribution is 2.67. The number of ketones is 2. The van der Waals surface area contributed by atoms with Crippen LogP contribution in [-0.4, -0.2) is 34.9 Å². The third-order valence-electron chi connectivity index (χ3n) is 8.98. The molecule has 0 aromatic heterocycles. The van der Waals surface area contributed by atoms with Crippen molar-refractivity contribution in [2.75, 3.05) is 6.61 Å². The summed E-state index contributed by atoms with van der Waals surface area (Å²) in [6.45, 7) is 5.35. The standard InChI is InChI=1S/C23H32O5/c1-14(24)28-13-20(26)23(27)11-8-19-17-5-4-15-12-16(25)6-9-21(15,2)18(17)7-10-22(19,23)3/h12,17-19,27H,4-11,13H2,1-3H3/t17-,18+,19+,21+,22-,23+/m0/s1. The van der Waals surface area contributed by atoms with Gasteiger partial charge in [-0.1, -0.05) is 19.4 Å². The second-order valence-electron chi connectivity index (χ2n) is 10.0. The zero-order valence-electron chi connectivity index (χ0n) is 17.3.